The summed E-state index contributed by atoms with van der Waals surface area (Å²) >= 11 is 5.89. The zero-order valence-electron chi connectivity index (χ0n) is 13.0. The molecule has 1 saturated heterocycles. The lowest BCUT2D eigenvalue weighted by molar-refractivity contribution is -0.162. The van der Waals surface area contributed by atoms with Gasteiger partial charge in [-0.25, -0.2) is 4.79 Å². The van der Waals surface area contributed by atoms with E-state index < -0.39 is 17.5 Å². The molecule has 0 aliphatic carbocycles. The van der Waals surface area contributed by atoms with E-state index in [2.05, 4.69) is 5.32 Å². The Hall–Kier alpha value is -1.79. The first-order valence-electron chi connectivity index (χ1n) is 7.62. The van der Waals surface area contributed by atoms with Crippen LogP contribution in [0.25, 0.3) is 0 Å². The first-order chi connectivity index (χ1) is 10.9. The molecule has 2 amide bonds. The molecular formula is C16H21ClN2O4. The molecule has 0 bridgehead atoms. The van der Waals surface area contributed by atoms with Crippen molar-refractivity contribution in [3.05, 3.63) is 29.3 Å². The molecule has 1 aliphatic heterocycles. The van der Waals surface area contributed by atoms with Gasteiger partial charge in [-0.3, -0.25) is 4.79 Å². The smallest absolute Gasteiger partial charge is 0.321 e. The lowest BCUT2D eigenvalue weighted by Crippen LogP contribution is -2.57. The number of carbonyl (C=O) groups is 2. The van der Waals surface area contributed by atoms with Crippen molar-refractivity contribution in [2.75, 3.05) is 18.4 Å². The number of hydrogen-bond acceptors (Lipinski definition) is 3. The van der Waals surface area contributed by atoms with E-state index in [-0.39, 0.29) is 19.0 Å². The van der Waals surface area contributed by atoms with Crippen LogP contribution in [0.15, 0.2) is 24.3 Å². The predicted octanol–water partition coefficient (Wildman–Crippen LogP) is 2.81. The van der Waals surface area contributed by atoms with Crippen LogP contribution in [0.2, 0.25) is 5.02 Å². The largest absolute Gasteiger partial charge is 0.481 e. The van der Waals surface area contributed by atoms with Crippen molar-refractivity contribution in [2.24, 2.45) is 5.41 Å². The molecule has 2 atom stereocenters. The maximum Gasteiger partial charge on any atom is 0.321 e. The number of carboxylic acid groups (broad SMARTS) is 1. The molecule has 1 aliphatic rings. The summed E-state index contributed by atoms with van der Waals surface area (Å²) in [5, 5.41) is 23.0. The van der Waals surface area contributed by atoms with Crippen LogP contribution < -0.4 is 5.32 Å². The summed E-state index contributed by atoms with van der Waals surface area (Å²) in [5.74, 6) is -1.06. The van der Waals surface area contributed by atoms with Gasteiger partial charge in [-0.15, -0.1) is 0 Å². The number of carboxylic acids is 1. The minimum atomic E-state index is -1.31. The molecule has 0 radical (unpaired) electrons. The van der Waals surface area contributed by atoms with Gasteiger partial charge in [0, 0.05) is 23.8 Å². The average molecular weight is 341 g/mol. The number of nitrogens with zero attached hydrogens (tertiary/aromatic N) is 1. The molecule has 0 unspecified atom stereocenters. The number of urea groups is 1. The number of benzene rings is 1. The quantitative estimate of drug-likeness (QED) is 0.786. The summed E-state index contributed by atoms with van der Waals surface area (Å²) in [6.45, 7) is 2.17. The zero-order valence-corrected chi connectivity index (χ0v) is 13.7. The third-order valence-corrected chi connectivity index (χ3v) is 4.50. The first kappa shape index (κ1) is 17.6. The number of piperidine rings is 1. The highest BCUT2D eigenvalue weighted by Crippen LogP contribution is 2.35. The summed E-state index contributed by atoms with van der Waals surface area (Å²) in [6, 6.07) is 6.36. The van der Waals surface area contributed by atoms with E-state index in [0.717, 1.165) is 0 Å². The van der Waals surface area contributed by atoms with Crippen molar-refractivity contribution in [3.8, 4) is 0 Å². The van der Waals surface area contributed by atoms with Crippen molar-refractivity contribution in [1.29, 1.82) is 0 Å². The van der Waals surface area contributed by atoms with E-state index in [1.54, 1.807) is 24.3 Å². The SMILES string of the molecule is CCC[C@@]1(C(=O)O)CN(C(=O)Nc2cccc(Cl)c2)CC[C@H]1O. The standard InChI is InChI=1S/C16H21ClN2O4/c1-2-7-16(14(21)22)10-19(8-6-13(16)20)15(23)18-12-5-3-4-11(17)9-12/h3-5,9,13,20H,2,6-8,10H2,1H3,(H,18,23)(H,21,22)/t13-,16-/m1/s1. The molecule has 23 heavy (non-hydrogen) atoms. The van der Waals surface area contributed by atoms with Gasteiger partial charge < -0.3 is 20.4 Å². The summed E-state index contributed by atoms with van der Waals surface area (Å²) < 4.78 is 0. The Kier molecular flexibility index (Phi) is 5.49. The number of carbonyl (C=O) groups excluding carboxylic acids is 1. The van der Waals surface area contributed by atoms with Crippen LogP contribution in [-0.4, -0.2) is 46.3 Å². The summed E-state index contributed by atoms with van der Waals surface area (Å²) in [7, 11) is 0. The highest BCUT2D eigenvalue weighted by atomic mass is 35.5. The van der Waals surface area contributed by atoms with E-state index in [0.29, 0.717) is 30.1 Å². The number of rotatable bonds is 4. The Balaban J connectivity index is 2.13. The molecule has 3 N–H and O–H groups in total. The van der Waals surface area contributed by atoms with E-state index in [1.165, 1.54) is 4.90 Å². The molecule has 0 aromatic heterocycles. The van der Waals surface area contributed by atoms with Crippen LogP contribution in [-0.2, 0) is 4.79 Å². The molecule has 7 heteroatoms. The minimum Gasteiger partial charge on any atom is -0.481 e. The molecule has 0 spiro atoms. The van der Waals surface area contributed by atoms with Crippen molar-refractivity contribution in [2.45, 2.75) is 32.3 Å². The van der Waals surface area contributed by atoms with Gasteiger partial charge in [0.2, 0.25) is 0 Å². The van der Waals surface area contributed by atoms with Gasteiger partial charge in [-0.05, 0) is 31.0 Å². The molecule has 1 heterocycles. The molecule has 1 fully saturated rings. The van der Waals surface area contributed by atoms with E-state index in [1.807, 2.05) is 6.92 Å². The zero-order chi connectivity index (χ0) is 17.0. The second-order valence-corrected chi connectivity index (χ2v) is 6.31. The molecular weight excluding hydrogens is 320 g/mol. The van der Waals surface area contributed by atoms with Crippen molar-refractivity contribution in [1.82, 2.24) is 4.90 Å². The number of anilines is 1. The number of aliphatic hydroxyl groups is 1. The van der Waals surface area contributed by atoms with E-state index in [4.69, 9.17) is 11.6 Å². The number of halogens is 1. The second-order valence-electron chi connectivity index (χ2n) is 5.88. The van der Waals surface area contributed by atoms with E-state index in [9.17, 15) is 19.8 Å². The van der Waals surface area contributed by atoms with Gasteiger partial charge >= 0.3 is 12.0 Å². The fourth-order valence-corrected chi connectivity index (χ4v) is 3.22. The van der Waals surface area contributed by atoms with Crippen LogP contribution in [0.4, 0.5) is 10.5 Å². The van der Waals surface area contributed by atoms with Gasteiger partial charge in [0.05, 0.1) is 6.10 Å². The van der Waals surface area contributed by atoms with Crippen LogP contribution >= 0.6 is 11.6 Å². The van der Waals surface area contributed by atoms with Crippen molar-refractivity contribution < 1.29 is 19.8 Å². The lowest BCUT2D eigenvalue weighted by atomic mass is 9.74. The molecule has 126 valence electrons. The molecule has 1 aromatic carbocycles. The number of hydrogen-bond donors (Lipinski definition) is 3. The number of amides is 2. The number of aliphatic hydroxyl groups excluding tert-OH is 1. The Morgan fingerprint density at radius 1 is 1.48 bits per heavy atom. The number of aliphatic carboxylic acids is 1. The Labute approximate surface area is 140 Å². The van der Waals surface area contributed by atoms with Crippen LogP contribution in [0, 0.1) is 5.41 Å². The third kappa shape index (κ3) is 3.76. The minimum absolute atomic E-state index is 0.0102. The van der Waals surface area contributed by atoms with Crippen LogP contribution in [0.3, 0.4) is 0 Å². The summed E-state index contributed by atoms with van der Waals surface area (Å²) in [6.07, 6.45) is 0.238. The number of likely N-dealkylation sites (tertiary alicyclic amines) is 1. The lowest BCUT2D eigenvalue weighted by Gasteiger charge is -2.43. The normalized spacial score (nSPS) is 24.3. The molecule has 2 rings (SSSR count). The number of nitrogens with one attached hydrogen (secondary N) is 1. The Bertz CT molecular complexity index is 595. The van der Waals surface area contributed by atoms with Gasteiger partial charge in [0.15, 0.2) is 0 Å². The topological polar surface area (TPSA) is 89.9 Å². The van der Waals surface area contributed by atoms with Crippen molar-refractivity contribution >= 4 is 29.3 Å². The van der Waals surface area contributed by atoms with Gasteiger partial charge in [0.1, 0.15) is 5.41 Å². The van der Waals surface area contributed by atoms with Crippen molar-refractivity contribution in [3.63, 3.8) is 0 Å². The molecule has 0 saturated carbocycles. The van der Waals surface area contributed by atoms with Gasteiger partial charge in [-0.2, -0.15) is 0 Å². The van der Waals surface area contributed by atoms with Crippen LogP contribution in [0.5, 0.6) is 0 Å². The van der Waals surface area contributed by atoms with Gasteiger partial charge in [-0.1, -0.05) is 31.0 Å². The summed E-state index contributed by atoms with van der Waals surface area (Å²) in [4.78, 5) is 25.6. The molecule has 6 nitrogen and oxygen atoms in total. The first-order valence-corrected chi connectivity index (χ1v) is 8.00. The highest BCUT2D eigenvalue weighted by Gasteiger charge is 2.49. The molecule has 1 aromatic rings. The predicted molar refractivity (Wildman–Crippen MR) is 87.6 cm³/mol. The van der Waals surface area contributed by atoms with Crippen LogP contribution in [0.1, 0.15) is 26.2 Å². The highest BCUT2D eigenvalue weighted by molar-refractivity contribution is 6.30. The second kappa shape index (κ2) is 7.19. The monoisotopic (exact) mass is 340 g/mol. The average Bonchev–Trinajstić information content (AvgIpc) is 2.49. The summed E-state index contributed by atoms with van der Waals surface area (Å²) in [5.41, 5.74) is -0.761. The van der Waals surface area contributed by atoms with E-state index >= 15 is 0 Å². The fourth-order valence-electron chi connectivity index (χ4n) is 3.03. The van der Waals surface area contributed by atoms with Gasteiger partial charge in [0.25, 0.3) is 0 Å². The Morgan fingerprint density at radius 3 is 2.83 bits per heavy atom. The maximum absolute atomic E-state index is 12.4. The third-order valence-electron chi connectivity index (χ3n) is 4.27. The Morgan fingerprint density at radius 2 is 2.22 bits per heavy atom. The fraction of sp³-hybridized carbons (Fsp3) is 0.500. The maximum atomic E-state index is 12.4.